The topological polar surface area (TPSA) is 87.7 Å². The second-order valence-electron chi connectivity index (χ2n) is 4.04. The molecule has 0 aliphatic rings. The zero-order valence-corrected chi connectivity index (χ0v) is 10.7. The predicted octanol–water partition coefficient (Wildman–Crippen LogP) is -0.0180. The van der Waals surface area contributed by atoms with Crippen LogP contribution in [-0.4, -0.2) is 49.3 Å². The van der Waals surface area contributed by atoms with Gasteiger partial charge in [-0.3, -0.25) is 14.9 Å². The van der Waals surface area contributed by atoms with Crippen LogP contribution in [0.15, 0.2) is 0 Å². The fraction of sp³-hybridized carbons (Fsp3) is 0.818. The maximum atomic E-state index is 11.4. The van der Waals surface area contributed by atoms with Crippen LogP contribution in [0, 0.1) is 0 Å². The van der Waals surface area contributed by atoms with Crippen molar-refractivity contribution >= 4 is 11.9 Å². The first-order valence-electron chi connectivity index (χ1n) is 5.70. The molecule has 0 bridgehead atoms. The molecule has 0 spiro atoms. The van der Waals surface area contributed by atoms with Crippen molar-refractivity contribution in [2.45, 2.75) is 32.2 Å². The third-order valence-corrected chi connectivity index (χ3v) is 2.67. The molecule has 6 heteroatoms. The van der Waals surface area contributed by atoms with Gasteiger partial charge in [0.25, 0.3) is 0 Å². The van der Waals surface area contributed by atoms with Crippen molar-refractivity contribution in [3.8, 4) is 0 Å². The van der Waals surface area contributed by atoms with Crippen molar-refractivity contribution in [3.05, 3.63) is 0 Å². The summed E-state index contributed by atoms with van der Waals surface area (Å²) in [6, 6.07) is 0. The molecule has 6 nitrogen and oxygen atoms in total. The maximum absolute atomic E-state index is 11.4. The summed E-state index contributed by atoms with van der Waals surface area (Å²) in [6.45, 7) is 4.45. The predicted molar refractivity (Wildman–Crippen MR) is 63.8 cm³/mol. The van der Waals surface area contributed by atoms with Crippen molar-refractivity contribution in [3.63, 3.8) is 0 Å². The number of carboxylic acid groups (broad SMARTS) is 1. The Kier molecular flexibility index (Phi) is 7.49. The second kappa shape index (κ2) is 8.03. The maximum Gasteiger partial charge on any atom is 0.323 e. The molecule has 0 aromatic rings. The highest BCUT2D eigenvalue weighted by molar-refractivity contribution is 5.81. The van der Waals surface area contributed by atoms with Crippen molar-refractivity contribution < 1.29 is 19.4 Å². The van der Waals surface area contributed by atoms with Crippen LogP contribution < -0.4 is 10.6 Å². The first-order chi connectivity index (χ1) is 7.96. The first-order valence-corrected chi connectivity index (χ1v) is 5.70. The lowest BCUT2D eigenvalue weighted by Gasteiger charge is -2.24. The van der Waals surface area contributed by atoms with Gasteiger partial charge < -0.3 is 15.2 Å². The van der Waals surface area contributed by atoms with Gasteiger partial charge in [-0.1, -0.05) is 6.92 Å². The fourth-order valence-corrected chi connectivity index (χ4v) is 1.13. The van der Waals surface area contributed by atoms with E-state index in [1.165, 1.54) is 0 Å². The molecule has 0 aliphatic heterocycles. The van der Waals surface area contributed by atoms with Gasteiger partial charge in [-0.05, 0) is 19.8 Å². The summed E-state index contributed by atoms with van der Waals surface area (Å²) in [7, 11) is 1.60. The van der Waals surface area contributed by atoms with E-state index in [2.05, 4.69) is 10.6 Å². The minimum Gasteiger partial charge on any atom is -0.480 e. The van der Waals surface area contributed by atoms with Crippen LogP contribution in [-0.2, 0) is 14.3 Å². The number of methoxy groups -OCH3 is 1. The number of rotatable bonds is 9. The average Bonchev–Trinajstić information content (AvgIpc) is 2.31. The van der Waals surface area contributed by atoms with E-state index >= 15 is 0 Å². The van der Waals surface area contributed by atoms with Crippen molar-refractivity contribution in [2.24, 2.45) is 0 Å². The van der Waals surface area contributed by atoms with E-state index in [-0.39, 0.29) is 12.5 Å². The van der Waals surface area contributed by atoms with Crippen molar-refractivity contribution in [2.75, 3.05) is 26.8 Å². The van der Waals surface area contributed by atoms with E-state index in [0.717, 1.165) is 6.42 Å². The smallest absolute Gasteiger partial charge is 0.323 e. The lowest BCUT2D eigenvalue weighted by molar-refractivity contribution is -0.144. The summed E-state index contributed by atoms with van der Waals surface area (Å²) in [5.74, 6) is -1.16. The fourth-order valence-electron chi connectivity index (χ4n) is 1.13. The molecular formula is C11H22N2O4. The second-order valence-corrected chi connectivity index (χ2v) is 4.04. The van der Waals surface area contributed by atoms with Crippen LogP contribution in [0.2, 0.25) is 0 Å². The third-order valence-electron chi connectivity index (χ3n) is 2.67. The van der Waals surface area contributed by atoms with Crippen LogP contribution in [0.1, 0.15) is 26.7 Å². The summed E-state index contributed by atoms with van der Waals surface area (Å²) in [6.07, 6.45) is 1.16. The summed E-state index contributed by atoms with van der Waals surface area (Å²) < 4.78 is 4.84. The van der Waals surface area contributed by atoms with Gasteiger partial charge in [0.1, 0.15) is 5.54 Å². The Morgan fingerprint density at radius 3 is 2.53 bits per heavy atom. The average molecular weight is 246 g/mol. The molecule has 0 fully saturated rings. The highest BCUT2D eigenvalue weighted by atomic mass is 16.5. The lowest BCUT2D eigenvalue weighted by atomic mass is 9.99. The highest BCUT2D eigenvalue weighted by Crippen LogP contribution is 2.08. The number of ether oxygens (including phenoxy) is 1. The Morgan fingerprint density at radius 2 is 2.06 bits per heavy atom. The number of hydrogen-bond acceptors (Lipinski definition) is 4. The normalized spacial score (nSPS) is 14.1. The third kappa shape index (κ3) is 6.23. The standard InChI is InChI=1S/C11H22N2O4/c1-4-11(2,10(15)16)13-8-9(14)12-6-5-7-17-3/h13H,4-8H2,1-3H3,(H,12,14)(H,15,16). The van der Waals surface area contributed by atoms with Crippen LogP contribution in [0.5, 0.6) is 0 Å². The molecular weight excluding hydrogens is 224 g/mol. The Labute approximate surface area is 102 Å². The molecule has 1 unspecified atom stereocenters. The Hall–Kier alpha value is -1.14. The molecule has 0 rings (SSSR count). The van der Waals surface area contributed by atoms with Crippen LogP contribution >= 0.6 is 0 Å². The van der Waals surface area contributed by atoms with E-state index in [9.17, 15) is 9.59 Å². The quantitative estimate of drug-likeness (QED) is 0.498. The number of aliphatic carboxylic acids is 1. The summed E-state index contributed by atoms with van der Waals surface area (Å²) in [5.41, 5.74) is -1.05. The molecule has 1 atom stereocenters. The minimum atomic E-state index is -1.05. The molecule has 0 aromatic carbocycles. The Bertz CT molecular complexity index is 258. The molecule has 0 aromatic heterocycles. The molecule has 0 aliphatic carbocycles. The zero-order valence-electron chi connectivity index (χ0n) is 10.7. The van der Waals surface area contributed by atoms with Gasteiger partial charge in [-0.2, -0.15) is 0 Å². The van der Waals surface area contributed by atoms with Gasteiger partial charge in [0.2, 0.25) is 5.91 Å². The number of hydrogen-bond donors (Lipinski definition) is 3. The number of amides is 1. The first kappa shape index (κ1) is 15.9. The largest absolute Gasteiger partial charge is 0.480 e. The number of carbonyl (C=O) groups excluding carboxylic acids is 1. The Balaban J connectivity index is 3.86. The van der Waals surface area contributed by atoms with Gasteiger partial charge >= 0.3 is 5.97 Å². The molecule has 1 amide bonds. The Morgan fingerprint density at radius 1 is 1.41 bits per heavy atom. The van der Waals surface area contributed by atoms with Gasteiger partial charge in [0.15, 0.2) is 0 Å². The van der Waals surface area contributed by atoms with Crippen molar-refractivity contribution in [1.29, 1.82) is 0 Å². The van der Waals surface area contributed by atoms with Crippen molar-refractivity contribution in [1.82, 2.24) is 10.6 Å². The zero-order chi connectivity index (χ0) is 13.3. The summed E-state index contributed by atoms with van der Waals surface area (Å²) >= 11 is 0. The van der Waals surface area contributed by atoms with E-state index in [1.54, 1.807) is 21.0 Å². The van der Waals surface area contributed by atoms with Gasteiger partial charge in [0, 0.05) is 20.3 Å². The van der Waals surface area contributed by atoms with Gasteiger partial charge in [0.05, 0.1) is 6.54 Å². The van der Waals surface area contributed by atoms with Crippen LogP contribution in [0.4, 0.5) is 0 Å². The summed E-state index contributed by atoms with van der Waals surface area (Å²) in [4.78, 5) is 22.3. The van der Waals surface area contributed by atoms with E-state index < -0.39 is 11.5 Å². The van der Waals surface area contributed by atoms with Crippen LogP contribution in [0.3, 0.4) is 0 Å². The molecule has 0 saturated carbocycles. The molecule has 0 saturated heterocycles. The van der Waals surface area contributed by atoms with Crippen LogP contribution in [0.25, 0.3) is 0 Å². The van der Waals surface area contributed by atoms with E-state index in [1.807, 2.05) is 0 Å². The minimum absolute atomic E-state index is 0.00359. The molecule has 0 heterocycles. The SMILES string of the molecule is CCC(C)(NCC(=O)NCCCOC)C(=O)O. The van der Waals surface area contributed by atoms with Gasteiger partial charge in [-0.25, -0.2) is 0 Å². The highest BCUT2D eigenvalue weighted by Gasteiger charge is 2.30. The summed E-state index contributed by atoms with van der Waals surface area (Å²) in [5, 5.41) is 14.4. The lowest BCUT2D eigenvalue weighted by Crippen LogP contribution is -2.52. The van der Waals surface area contributed by atoms with E-state index in [4.69, 9.17) is 9.84 Å². The number of carboxylic acids is 1. The molecule has 3 N–H and O–H groups in total. The number of nitrogens with one attached hydrogen (secondary N) is 2. The molecule has 0 radical (unpaired) electrons. The monoisotopic (exact) mass is 246 g/mol. The number of carbonyl (C=O) groups is 2. The van der Waals surface area contributed by atoms with E-state index in [0.29, 0.717) is 19.6 Å². The molecule has 17 heavy (non-hydrogen) atoms. The molecule has 100 valence electrons. The van der Waals surface area contributed by atoms with Gasteiger partial charge in [-0.15, -0.1) is 0 Å².